The van der Waals surface area contributed by atoms with Crippen LogP contribution in [0.25, 0.3) is 0 Å². The largest absolute Gasteiger partial charge is 0.351 e. The monoisotopic (exact) mass is 673 g/mol. The zero-order valence-electron chi connectivity index (χ0n) is 26.3. The van der Waals surface area contributed by atoms with Crippen molar-refractivity contribution in [2.75, 3.05) is 19.6 Å². The van der Waals surface area contributed by atoms with E-state index in [1.807, 2.05) is 74.5 Å². The van der Waals surface area contributed by atoms with Gasteiger partial charge in [-0.25, -0.2) is 9.97 Å². The minimum absolute atomic E-state index is 0.00451. The van der Waals surface area contributed by atoms with Crippen LogP contribution in [0.2, 0.25) is 0 Å². The van der Waals surface area contributed by atoms with Gasteiger partial charge in [0, 0.05) is 23.8 Å². The first-order valence-corrected chi connectivity index (χ1v) is 17.4. The average molecular weight is 674 g/mol. The number of fused-ring (bicyclic) bond motifs is 4. The van der Waals surface area contributed by atoms with Crippen LogP contribution in [0.4, 0.5) is 0 Å². The molecule has 1 aliphatic heterocycles. The molecular weight excluding hydrogens is 635 g/mol. The molecule has 3 atom stereocenters. The highest BCUT2D eigenvalue weighted by Gasteiger charge is 2.28. The van der Waals surface area contributed by atoms with Gasteiger partial charge in [-0.1, -0.05) is 74.5 Å². The third-order valence-electron chi connectivity index (χ3n) is 7.80. The molecule has 11 nitrogen and oxygen atoms in total. The fourth-order valence-corrected chi connectivity index (χ4v) is 7.17. The number of rotatable bonds is 6. The van der Waals surface area contributed by atoms with Crippen LogP contribution in [-0.4, -0.2) is 64.2 Å². The Morgan fingerprint density at radius 3 is 2.19 bits per heavy atom. The molecule has 4 amide bonds. The topological polar surface area (TPSA) is 159 Å². The van der Waals surface area contributed by atoms with Gasteiger partial charge in [0.1, 0.15) is 21.4 Å². The summed E-state index contributed by atoms with van der Waals surface area (Å²) >= 11 is 2.59. The molecule has 13 heteroatoms. The summed E-state index contributed by atoms with van der Waals surface area (Å²) in [6.45, 7) is 4.17. The van der Waals surface area contributed by atoms with E-state index in [9.17, 15) is 19.2 Å². The third kappa shape index (κ3) is 9.09. The van der Waals surface area contributed by atoms with E-state index in [-0.39, 0.29) is 60.6 Å². The number of aromatic nitrogens is 2. The van der Waals surface area contributed by atoms with Crippen LogP contribution in [0.5, 0.6) is 0 Å². The number of amides is 4. The summed E-state index contributed by atoms with van der Waals surface area (Å²) in [5.41, 5.74) is 8.74. The number of nitrogens with one attached hydrogen (secondary N) is 3. The van der Waals surface area contributed by atoms with Crippen molar-refractivity contribution < 1.29 is 19.2 Å². The van der Waals surface area contributed by atoms with E-state index in [1.165, 1.54) is 27.6 Å². The van der Waals surface area contributed by atoms with Crippen molar-refractivity contribution in [2.45, 2.75) is 51.2 Å². The maximum atomic E-state index is 13.6. The summed E-state index contributed by atoms with van der Waals surface area (Å²) in [6, 6.07) is 17.3. The standard InChI is InChI=1S/C34H39N7O4S2/c1-21(2)29-33-39-26(19-47-33)30(43)36-14-9-15-41(34(45)24(35)16-22-10-5-3-6-11-22)18-28(42)37-25(17-23-12-7-4-8-13-23)32-38-27(20-46-32)31(44)40-29/h3-8,10-13,19-21,24-25,29H,9,14-18,35H2,1-2H3,(H,36,43)(H,37,42)(H,40,44)/t24-,25+,29+/m1/s1. The first-order valence-electron chi connectivity index (χ1n) is 15.6. The van der Waals surface area contributed by atoms with Crippen LogP contribution in [0.15, 0.2) is 71.4 Å². The molecule has 47 heavy (non-hydrogen) atoms. The quantitative estimate of drug-likeness (QED) is 0.243. The van der Waals surface area contributed by atoms with Crippen molar-refractivity contribution >= 4 is 46.3 Å². The second kappa shape index (κ2) is 15.9. The highest BCUT2D eigenvalue weighted by molar-refractivity contribution is 7.10. The van der Waals surface area contributed by atoms with Crippen LogP contribution in [-0.2, 0) is 22.4 Å². The predicted octanol–water partition coefficient (Wildman–Crippen LogP) is 3.66. The highest BCUT2D eigenvalue weighted by atomic mass is 32.1. The molecule has 2 aromatic carbocycles. The van der Waals surface area contributed by atoms with Gasteiger partial charge >= 0.3 is 0 Å². The third-order valence-corrected chi connectivity index (χ3v) is 9.68. The van der Waals surface area contributed by atoms with Gasteiger partial charge < -0.3 is 26.6 Å². The lowest BCUT2D eigenvalue weighted by Gasteiger charge is -2.26. The summed E-state index contributed by atoms with van der Waals surface area (Å²) < 4.78 is 0. The van der Waals surface area contributed by atoms with Crippen LogP contribution in [0.3, 0.4) is 0 Å². The number of nitrogens with zero attached hydrogens (tertiary/aromatic N) is 3. The zero-order valence-corrected chi connectivity index (χ0v) is 28.0. The highest BCUT2D eigenvalue weighted by Crippen LogP contribution is 2.27. The van der Waals surface area contributed by atoms with Crippen molar-refractivity contribution in [3.63, 3.8) is 0 Å². The first kappa shape index (κ1) is 33.9. The summed E-state index contributed by atoms with van der Waals surface area (Å²) in [5.74, 6) is -1.49. The van der Waals surface area contributed by atoms with Crippen molar-refractivity contribution in [1.82, 2.24) is 30.8 Å². The SMILES string of the molecule is CC(C)[C@@H]1NC(=O)c2csc(n2)[C@H](Cc2ccccc2)NC(=O)CN(C(=O)[C@H](N)Cc2ccccc2)CCCNC(=O)c2csc1n2. The molecular formula is C34H39N7O4S2. The fourth-order valence-electron chi connectivity index (χ4n) is 5.30. The molecule has 0 saturated carbocycles. The van der Waals surface area contributed by atoms with Crippen molar-refractivity contribution in [2.24, 2.45) is 11.7 Å². The Kier molecular flexibility index (Phi) is 11.5. The molecule has 246 valence electrons. The van der Waals surface area contributed by atoms with Crippen LogP contribution in [0, 0.1) is 5.92 Å². The number of nitrogens with two attached hydrogens (primary N) is 1. The number of carbonyl (C=O) groups excluding carboxylic acids is 4. The number of benzene rings is 2. The molecule has 0 spiro atoms. The van der Waals surface area contributed by atoms with E-state index in [2.05, 4.69) is 25.9 Å². The van der Waals surface area contributed by atoms with Crippen LogP contribution < -0.4 is 21.7 Å². The fraction of sp³-hybridized carbons (Fsp3) is 0.353. The van der Waals surface area contributed by atoms with E-state index in [0.29, 0.717) is 29.3 Å². The van der Waals surface area contributed by atoms with Crippen LogP contribution in [0.1, 0.15) is 74.5 Å². The summed E-state index contributed by atoms with van der Waals surface area (Å²) in [5, 5.41) is 13.5. The van der Waals surface area contributed by atoms with E-state index in [0.717, 1.165) is 11.1 Å². The van der Waals surface area contributed by atoms with Gasteiger partial charge in [-0.3, -0.25) is 19.2 Å². The molecule has 3 heterocycles. The minimum atomic E-state index is -0.858. The van der Waals surface area contributed by atoms with Crippen molar-refractivity contribution in [3.05, 3.63) is 104 Å². The zero-order chi connectivity index (χ0) is 33.3. The lowest BCUT2D eigenvalue weighted by Crippen LogP contribution is -2.49. The normalized spacial score (nSPS) is 18.7. The minimum Gasteiger partial charge on any atom is -0.351 e. The summed E-state index contributed by atoms with van der Waals surface area (Å²) in [4.78, 5) is 64.2. The molecule has 0 saturated heterocycles. The van der Waals surface area contributed by atoms with Crippen molar-refractivity contribution in [3.8, 4) is 0 Å². The van der Waals surface area contributed by atoms with E-state index >= 15 is 0 Å². The molecule has 4 aromatic rings. The molecule has 2 aromatic heterocycles. The number of carbonyl (C=O) groups is 4. The van der Waals surface area contributed by atoms with Gasteiger partial charge in [-0.05, 0) is 36.3 Å². The van der Waals surface area contributed by atoms with E-state index < -0.39 is 18.1 Å². The van der Waals surface area contributed by atoms with Gasteiger partial charge in [-0.15, -0.1) is 22.7 Å². The molecule has 5 rings (SSSR count). The number of hydrogen-bond donors (Lipinski definition) is 4. The summed E-state index contributed by atoms with van der Waals surface area (Å²) in [7, 11) is 0. The molecule has 0 aliphatic carbocycles. The molecule has 4 bridgehead atoms. The van der Waals surface area contributed by atoms with Gasteiger partial charge in [-0.2, -0.15) is 0 Å². The van der Waals surface area contributed by atoms with Crippen LogP contribution >= 0.6 is 22.7 Å². The van der Waals surface area contributed by atoms with E-state index in [4.69, 9.17) is 5.73 Å². The second-order valence-electron chi connectivity index (χ2n) is 11.8. The maximum Gasteiger partial charge on any atom is 0.271 e. The Hall–Kier alpha value is -4.46. The van der Waals surface area contributed by atoms with Gasteiger partial charge in [0.15, 0.2) is 0 Å². The van der Waals surface area contributed by atoms with Gasteiger partial charge in [0.25, 0.3) is 11.8 Å². The lowest BCUT2D eigenvalue weighted by molar-refractivity contribution is -0.137. The van der Waals surface area contributed by atoms with E-state index in [1.54, 1.807) is 10.8 Å². The predicted molar refractivity (Wildman–Crippen MR) is 182 cm³/mol. The molecule has 0 unspecified atom stereocenters. The lowest BCUT2D eigenvalue weighted by atomic mass is 10.0. The summed E-state index contributed by atoms with van der Waals surface area (Å²) in [6.07, 6.45) is 1.15. The number of hydrogen-bond acceptors (Lipinski definition) is 9. The first-order chi connectivity index (χ1) is 22.7. The average Bonchev–Trinajstić information content (AvgIpc) is 3.76. The Labute approximate surface area is 282 Å². The molecule has 5 N–H and O–H groups in total. The van der Waals surface area contributed by atoms with Crippen molar-refractivity contribution in [1.29, 1.82) is 0 Å². The molecule has 0 radical (unpaired) electrons. The van der Waals surface area contributed by atoms with Gasteiger partial charge in [0.2, 0.25) is 11.8 Å². The molecule has 1 aliphatic rings. The Morgan fingerprint density at radius 1 is 0.894 bits per heavy atom. The maximum absolute atomic E-state index is 13.6. The second-order valence-corrected chi connectivity index (χ2v) is 13.6. The Balaban J connectivity index is 1.43. The Morgan fingerprint density at radius 2 is 1.51 bits per heavy atom. The molecule has 0 fully saturated rings. The van der Waals surface area contributed by atoms with Gasteiger partial charge in [0.05, 0.1) is 24.7 Å². The number of thiazole rings is 2. The Bertz CT molecular complexity index is 1680. The smallest absolute Gasteiger partial charge is 0.271 e.